The van der Waals surface area contributed by atoms with Gasteiger partial charge in [-0.05, 0) is 42.9 Å². The predicted octanol–water partition coefficient (Wildman–Crippen LogP) is 5.31. The highest BCUT2D eigenvalue weighted by molar-refractivity contribution is 5.88. The largest absolute Gasteiger partial charge is 0.459 e. The lowest BCUT2D eigenvalue weighted by molar-refractivity contribution is -0.154. The van der Waals surface area contributed by atoms with Crippen LogP contribution >= 0.6 is 0 Å². The summed E-state index contributed by atoms with van der Waals surface area (Å²) in [5.41, 5.74) is 2.83. The molecule has 40 heavy (non-hydrogen) atoms. The predicted molar refractivity (Wildman–Crippen MR) is 154 cm³/mol. The van der Waals surface area contributed by atoms with E-state index in [9.17, 15) is 9.59 Å². The highest BCUT2D eigenvalue weighted by atomic mass is 16.8. The normalized spacial score (nSPS) is 19.6. The molecule has 212 valence electrons. The van der Waals surface area contributed by atoms with Gasteiger partial charge in [0.05, 0.1) is 0 Å². The number of benzene rings is 3. The number of carbonyl (C=O) groups excluding carboxylic acids is 2. The van der Waals surface area contributed by atoms with Crippen LogP contribution in [0.15, 0.2) is 91.0 Å². The smallest absolute Gasteiger partial charge is 0.328 e. The minimum absolute atomic E-state index is 0.143. The van der Waals surface area contributed by atoms with Gasteiger partial charge in [-0.3, -0.25) is 10.1 Å². The van der Waals surface area contributed by atoms with E-state index in [0.29, 0.717) is 13.0 Å². The lowest BCUT2D eigenvalue weighted by Gasteiger charge is -2.29. The van der Waals surface area contributed by atoms with Gasteiger partial charge in [-0.1, -0.05) is 105 Å². The molecule has 4 rings (SSSR count). The third kappa shape index (κ3) is 8.24. The molecule has 0 aromatic heterocycles. The second kappa shape index (κ2) is 13.7. The van der Waals surface area contributed by atoms with Crippen LogP contribution in [0.1, 0.15) is 56.9 Å². The van der Waals surface area contributed by atoms with E-state index in [1.54, 1.807) is 0 Å². The Bertz CT molecular complexity index is 1220. The highest BCUT2D eigenvalue weighted by Crippen LogP contribution is 2.39. The van der Waals surface area contributed by atoms with Gasteiger partial charge >= 0.3 is 5.97 Å². The maximum absolute atomic E-state index is 14.0. The fourth-order valence-electron chi connectivity index (χ4n) is 4.89. The molecule has 0 spiro atoms. The molecule has 7 nitrogen and oxygen atoms in total. The number of nitrogens with one attached hydrogen (secondary N) is 2. The lowest BCUT2D eigenvalue weighted by atomic mass is 9.97. The molecule has 0 unspecified atom stereocenters. The van der Waals surface area contributed by atoms with Gasteiger partial charge < -0.3 is 19.5 Å². The summed E-state index contributed by atoms with van der Waals surface area (Å²) in [6.07, 6.45) is -0.676. The molecule has 1 amide bonds. The monoisotopic (exact) mass is 544 g/mol. The topological polar surface area (TPSA) is 85.9 Å². The van der Waals surface area contributed by atoms with Gasteiger partial charge in [0.25, 0.3) is 0 Å². The van der Waals surface area contributed by atoms with E-state index in [1.165, 1.54) is 0 Å². The Morgan fingerprint density at radius 3 is 2.02 bits per heavy atom. The average Bonchev–Trinajstić information content (AvgIpc) is 3.27. The molecule has 7 heteroatoms. The van der Waals surface area contributed by atoms with E-state index < -0.39 is 36.0 Å². The summed E-state index contributed by atoms with van der Waals surface area (Å²) in [7, 11) is 0. The second-order valence-electron chi connectivity index (χ2n) is 11.1. The number of carbonyl (C=O) groups is 2. The Balaban J connectivity index is 1.56. The van der Waals surface area contributed by atoms with Crippen molar-refractivity contribution in [3.63, 3.8) is 0 Å². The number of rotatable bonds is 12. The Morgan fingerprint density at radius 1 is 0.850 bits per heavy atom. The van der Waals surface area contributed by atoms with Gasteiger partial charge in [-0.15, -0.1) is 0 Å². The fraction of sp³-hybridized carbons (Fsp3) is 0.394. The third-order valence-electron chi connectivity index (χ3n) is 6.77. The van der Waals surface area contributed by atoms with Crippen molar-refractivity contribution >= 4 is 11.9 Å². The van der Waals surface area contributed by atoms with Crippen LogP contribution in [0.4, 0.5) is 0 Å². The second-order valence-corrected chi connectivity index (χ2v) is 11.1. The summed E-state index contributed by atoms with van der Waals surface area (Å²) in [6, 6.07) is 27.5. The van der Waals surface area contributed by atoms with Gasteiger partial charge in [0, 0.05) is 6.54 Å². The van der Waals surface area contributed by atoms with E-state index in [4.69, 9.17) is 14.2 Å². The lowest BCUT2D eigenvalue weighted by Crippen LogP contribution is -2.56. The van der Waals surface area contributed by atoms with Crippen LogP contribution in [0.3, 0.4) is 0 Å². The summed E-state index contributed by atoms with van der Waals surface area (Å²) in [5, 5.41) is 6.39. The zero-order valence-electron chi connectivity index (χ0n) is 23.7. The summed E-state index contributed by atoms with van der Waals surface area (Å²) < 4.78 is 18.3. The standard InChI is InChI=1S/C33H40N2O5/c1-23(2)20-27(32(37)38-22-25-16-10-6-11-17-25)35-31(36)28(34-21-24-14-8-5-9-15-24)30-29(39-33(3,4)40-30)26-18-12-7-13-19-26/h5-19,23,27-30,34H,20-22H2,1-4H3,(H,35,36)/t27-,28-,29+,30+/m0/s1. The summed E-state index contributed by atoms with van der Waals surface area (Å²) >= 11 is 0. The van der Waals surface area contributed by atoms with E-state index in [-0.39, 0.29) is 18.4 Å². The molecule has 2 N–H and O–H groups in total. The Labute approximate surface area is 237 Å². The van der Waals surface area contributed by atoms with Gasteiger partial charge in [-0.25, -0.2) is 4.79 Å². The highest BCUT2D eigenvalue weighted by Gasteiger charge is 2.48. The van der Waals surface area contributed by atoms with Crippen LogP contribution in [-0.4, -0.2) is 35.9 Å². The van der Waals surface area contributed by atoms with Gasteiger partial charge in [0.1, 0.15) is 30.9 Å². The van der Waals surface area contributed by atoms with E-state index >= 15 is 0 Å². The van der Waals surface area contributed by atoms with Crippen LogP contribution in [0.5, 0.6) is 0 Å². The van der Waals surface area contributed by atoms with Crippen LogP contribution in [0.2, 0.25) is 0 Å². The molecule has 3 aromatic carbocycles. The van der Waals surface area contributed by atoms with Crippen molar-refractivity contribution in [3.8, 4) is 0 Å². The van der Waals surface area contributed by atoms with Gasteiger partial charge in [-0.2, -0.15) is 0 Å². The fourth-order valence-corrected chi connectivity index (χ4v) is 4.89. The summed E-state index contributed by atoms with van der Waals surface area (Å²) in [4.78, 5) is 27.2. The van der Waals surface area contributed by atoms with Crippen LogP contribution in [0, 0.1) is 5.92 Å². The molecule has 4 atom stereocenters. The molecule has 1 heterocycles. The van der Waals surface area contributed by atoms with Crippen molar-refractivity contribution in [3.05, 3.63) is 108 Å². The maximum Gasteiger partial charge on any atom is 0.328 e. The number of esters is 1. The Hall–Kier alpha value is -3.52. The zero-order chi connectivity index (χ0) is 28.5. The summed E-state index contributed by atoms with van der Waals surface area (Å²) in [6.45, 7) is 8.29. The first kappa shape index (κ1) is 29.5. The number of ether oxygens (including phenoxy) is 3. The SMILES string of the molecule is CC(C)C[C@H](NC(=O)[C@@H](NCc1ccccc1)[C@H]1OC(C)(C)O[C@@H]1c1ccccc1)C(=O)OCc1ccccc1. The van der Waals surface area contributed by atoms with E-state index in [0.717, 1.165) is 16.7 Å². The first-order chi connectivity index (χ1) is 19.2. The molecule has 1 saturated heterocycles. The quantitative estimate of drug-likeness (QED) is 0.301. The van der Waals surface area contributed by atoms with E-state index in [2.05, 4.69) is 10.6 Å². The number of hydrogen-bond acceptors (Lipinski definition) is 6. The van der Waals surface area contributed by atoms with Crippen molar-refractivity contribution in [2.45, 2.75) is 77.3 Å². The molecule has 0 saturated carbocycles. The maximum atomic E-state index is 14.0. The van der Waals surface area contributed by atoms with Crippen LogP contribution in [-0.2, 0) is 37.0 Å². The molecule has 0 aliphatic carbocycles. The van der Waals surface area contributed by atoms with Crippen molar-refractivity contribution < 1.29 is 23.8 Å². The van der Waals surface area contributed by atoms with E-state index in [1.807, 2.05) is 119 Å². The molecule has 0 radical (unpaired) electrons. The third-order valence-corrected chi connectivity index (χ3v) is 6.77. The minimum Gasteiger partial charge on any atom is -0.459 e. The minimum atomic E-state index is -0.899. The summed E-state index contributed by atoms with van der Waals surface area (Å²) in [5.74, 6) is -1.54. The molecule has 1 aliphatic heterocycles. The number of hydrogen-bond donors (Lipinski definition) is 2. The van der Waals surface area contributed by atoms with Crippen molar-refractivity contribution in [2.75, 3.05) is 0 Å². The Morgan fingerprint density at radius 2 is 1.43 bits per heavy atom. The first-order valence-electron chi connectivity index (χ1n) is 13.9. The molecular weight excluding hydrogens is 504 g/mol. The molecule has 0 bridgehead atoms. The molecule has 1 fully saturated rings. The molecule has 1 aliphatic rings. The van der Waals surface area contributed by atoms with Gasteiger partial charge in [0.15, 0.2) is 5.79 Å². The average molecular weight is 545 g/mol. The van der Waals surface area contributed by atoms with Crippen molar-refractivity contribution in [1.82, 2.24) is 10.6 Å². The number of amides is 1. The van der Waals surface area contributed by atoms with Crippen LogP contribution < -0.4 is 10.6 Å². The molecule has 3 aromatic rings. The van der Waals surface area contributed by atoms with Crippen molar-refractivity contribution in [2.24, 2.45) is 5.92 Å². The Kier molecular flexibility index (Phi) is 10.1. The van der Waals surface area contributed by atoms with Crippen molar-refractivity contribution in [1.29, 1.82) is 0 Å². The molecular formula is C33H40N2O5. The zero-order valence-corrected chi connectivity index (χ0v) is 23.7. The first-order valence-corrected chi connectivity index (χ1v) is 13.9. The van der Waals surface area contributed by atoms with Gasteiger partial charge in [0.2, 0.25) is 5.91 Å². The van der Waals surface area contributed by atoms with Crippen LogP contribution in [0.25, 0.3) is 0 Å².